The van der Waals surface area contributed by atoms with Crippen LogP contribution in [0.4, 0.5) is 0 Å². The lowest BCUT2D eigenvalue weighted by Crippen LogP contribution is -2.28. The number of hydrogen-bond donors (Lipinski definition) is 1. The molecular weight excluding hydrogens is 238 g/mol. The maximum atomic E-state index is 11.9. The van der Waals surface area contributed by atoms with Crippen molar-refractivity contribution < 1.29 is 9.53 Å². The summed E-state index contributed by atoms with van der Waals surface area (Å²) in [6.45, 7) is 2.23. The van der Waals surface area contributed by atoms with Crippen molar-refractivity contribution in [2.75, 3.05) is 6.54 Å². The highest BCUT2D eigenvalue weighted by Gasteiger charge is 2.50. The van der Waals surface area contributed by atoms with E-state index in [2.05, 4.69) is 0 Å². The largest absolute Gasteiger partial charge is 0.457 e. The van der Waals surface area contributed by atoms with Gasteiger partial charge >= 0.3 is 5.97 Å². The van der Waals surface area contributed by atoms with E-state index >= 15 is 0 Å². The summed E-state index contributed by atoms with van der Waals surface area (Å²) in [5.41, 5.74) is 6.12. The fourth-order valence-corrected chi connectivity index (χ4v) is 1.86. The van der Waals surface area contributed by atoms with Crippen LogP contribution in [0.25, 0.3) is 0 Å². The molecule has 1 aromatic rings. The van der Waals surface area contributed by atoms with Gasteiger partial charge < -0.3 is 10.5 Å². The number of ether oxygens (including phenoxy) is 1. The van der Waals surface area contributed by atoms with Crippen molar-refractivity contribution in [2.45, 2.75) is 25.9 Å². The third kappa shape index (κ3) is 2.61. The van der Waals surface area contributed by atoms with Gasteiger partial charge in [-0.2, -0.15) is 0 Å². The minimum atomic E-state index is -0.402. The van der Waals surface area contributed by atoms with Crippen molar-refractivity contribution in [3.05, 3.63) is 34.9 Å². The van der Waals surface area contributed by atoms with E-state index < -0.39 is 5.41 Å². The number of esters is 1. The van der Waals surface area contributed by atoms with Crippen LogP contribution < -0.4 is 5.73 Å². The number of hydrogen-bond acceptors (Lipinski definition) is 3. The van der Waals surface area contributed by atoms with Crippen molar-refractivity contribution in [1.82, 2.24) is 0 Å². The molecule has 3 nitrogen and oxygen atoms in total. The molecule has 0 spiro atoms. The lowest BCUT2D eigenvalue weighted by Gasteiger charge is -2.17. The van der Waals surface area contributed by atoms with Crippen LogP contribution in [-0.2, 0) is 9.53 Å². The Bertz CT molecular complexity index is 412. The number of nitrogens with two attached hydrogens (primary N) is 1. The minimum absolute atomic E-state index is 0.178. The minimum Gasteiger partial charge on any atom is -0.457 e. The molecule has 0 radical (unpaired) electrons. The number of benzene rings is 1. The predicted molar refractivity (Wildman–Crippen MR) is 66.7 cm³/mol. The van der Waals surface area contributed by atoms with E-state index in [-0.39, 0.29) is 12.1 Å². The molecule has 1 unspecified atom stereocenters. The van der Waals surface area contributed by atoms with Crippen LogP contribution in [0.5, 0.6) is 0 Å². The highest BCUT2D eigenvalue weighted by atomic mass is 35.5. The third-order valence-corrected chi connectivity index (χ3v) is 3.55. The zero-order chi connectivity index (χ0) is 12.5. The summed E-state index contributed by atoms with van der Waals surface area (Å²) < 4.78 is 5.43. The topological polar surface area (TPSA) is 52.3 Å². The Hall–Kier alpha value is -1.06. The molecule has 1 fully saturated rings. The fraction of sp³-hybridized carbons (Fsp3) is 0.462. The number of rotatable bonds is 4. The molecule has 1 aliphatic rings. The first kappa shape index (κ1) is 12.4. The van der Waals surface area contributed by atoms with Crippen LogP contribution in [0.3, 0.4) is 0 Å². The van der Waals surface area contributed by atoms with E-state index in [4.69, 9.17) is 22.1 Å². The molecule has 2 N–H and O–H groups in total. The summed E-state index contributed by atoms with van der Waals surface area (Å²) in [4.78, 5) is 11.9. The van der Waals surface area contributed by atoms with E-state index in [0.717, 1.165) is 18.4 Å². The molecule has 1 aliphatic carbocycles. The zero-order valence-electron chi connectivity index (χ0n) is 9.78. The summed E-state index contributed by atoms with van der Waals surface area (Å²) in [5, 5.41) is 0.674. The van der Waals surface area contributed by atoms with Crippen LogP contribution in [0.15, 0.2) is 24.3 Å². The molecule has 2 rings (SSSR count). The van der Waals surface area contributed by atoms with Gasteiger partial charge in [0.25, 0.3) is 0 Å². The molecule has 1 atom stereocenters. The second-order valence-corrected chi connectivity index (χ2v) is 5.02. The van der Waals surface area contributed by atoms with Crippen LogP contribution in [0, 0.1) is 5.41 Å². The molecule has 0 bridgehead atoms. The maximum Gasteiger partial charge on any atom is 0.313 e. The van der Waals surface area contributed by atoms with Gasteiger partial charge in [0.1, 0.15) is 6.10 Å². The van der Waals surface area contributed by atoms with Crippen LogP contribution >= 0.6 is 11.6 Å². The molecule has 92 valence electrons. The molecule has 0 aromatic heterocycles. The summed E-state index contributed by atoms with van der Waals surface area (Å²) in [5.74, 6) is -0.178. The second-order valence-electron chi connectivity index (χ2n) is 4.58. The molecule has 0 saturated heterocycles. The van der Waals surface area contributed by atoms with Crippen molar-refractivity contribution in [1.29, 1.82) is 0 Å². The SMILES string of the molecule is CC(OC(=O)C1(CN)CC1)c1ccc(Cl)cc1. The van der Waals surface area contributed by atoms with Crippen LogP contribution in [-0.4, -0.2) is 12.5 Å². The van der Waals surface area contributed by atoms with E-state index in [1.165, 1.54) is 0 Å². The Morgan fingerprint density at radius 2 is 2.06 bits per heavy atom. The normalized spacial score (nSPS) is 18.5. The van der Waals surface area contributed by atoms with Gasteiger partial charge in [0, 0.05) is 11.6 Å². The molecule has 0 amide bonds. The van der Waals surface area contributed by atoms with Crippen molar-refractivity contribution in [3.63, 3.8) is 0 Å². The molecule has 4 heteroatoms. The van der Waals surface area contributed by atoms with E-state index in [1.807, 2.05) is 19.1 Å². The summed E-state index contributed by atoms with van der Waals surface area (Å²) in [6, 6.07) is 7.30. The highest BCUT2D eigenvalue weighted by molar-refractivity contribution is 6.30. The average Bonchev–Trinajstić information content (AvgIpc) is 3.10. The van der Waals surface area contributed by atoms with Gasteiger partial charge in [-0.25, -0.2) is 0 Å². The fourth-order valence-electron chi connectivity index (χ4n) is 1.73. The first-order valence-corrected chi connectivity index (χ1v) is 6.12. The Labute approximate surface area is 106 Å². The van der Waals surface area contributed by atoms with Crippen molar-refractivity contribution in [2.24, 2.45) is 11.1 Å². The Balaban J connectivity index is 1.99. The average molecular weight is 254 g/mol. The molecule has 17 heavy (non-hydrogen) atoms. The standard InChI is InChI=1S/C13H16ClNO2/c1-9(10-2-4-11(14)5-3-10)17-12(16)13(8-15)6-7-13/h2-5,9H,6-8,15H2,1H3. The van der Waals surface area contributed by atoms with Gasteiger partial charge in [-0.1, -0.05) is 23.7 Å². The van der Waals surface area contributed by atoms with Gasteiger partial charge in [0.15, 0.2) is 0 Å². The molecule has 0 heterocycles. The summed E-state index contributed by atoms with van der Waals surface area (Å²) in [6.07, 6.45) is 1.43. The smallest absolute Gasteiger partial charge is 0.313 e. The quantitative estimate of drug-likeness (QED) is 0.840. The van der Waals surface area contributed by atoms with Crippen molar-refractivity contribution >= 4 is 17.6 Å². The summed E-state index contributed by atoms with van der Waals surface area (Å²) in [7, 11) is 0. The van der Waals surface area contributed by atoms with Crippen molar-refractivity contribution in [3.8, 4) is 0 Å². The highest BCUT2D eigenvalue weighted by Crippen LogP contribution is 2.46. The molecule has 1 saturated carbocycles. The Morgan fingerprint density at radius 1 is 1.47 bits per heavy atom. The Morgan fingerprint density at radius 3 is 2.53 bits per heavy atom. The predicted octanol–water partition coefficient (Wildman–Crippen LogP) is 2.68. The molecular formula is C13H16ClNO2. The Kier molecular flexibility index (Phi) is 3.40. The van der Waals surface area contributed by atoms with Crippen LogP contribution in [0.1, 0.15) is 31.4 Å². The lowest BCUT2D eigenvalue weighted by molar-refractivity contribution is -0.154. The first-order chi connectivity index (χ1) is 8.07. The molecule has 1 aromatic carbocycles. The van der Waals surface area contributed by atoms with Gasteiger partial charge in [-0.05, 0) is 37.5 Å². The van der Waals surface area contributed by atoms with Gasteiger partial charge in [0.05, 0.1) is 5.41 Å². The third-order valence-electron chi connectivity index (χ3n) is 3.30. The van der Waals surface area contributed by atoms with Gasteiger partial charge in [-0.3, -0.25) is 4.79 Å². The molecule has 0 aliphatic heterocycles. The maximum absolute atomic E-state index is 11.9. The van der Waals surface area contributed by atoms with Gasteiger partial charge in [-0.15, -0.1) is 0 Å². The van der Waals surface area contributed by atoms with Crippen LogP contribution in [0.2, 0.25) is 5.02 Å². The lowest BCUT2D eigenvalue weighted by atomic mass is 10.1. The van der Waals surface area contributed by atoms with E-state index in [0.29, 0.717) is 11.6 Å². The number of carbonyl (C=O) groups excluding carboxylic acids is 1. The van der Waals surface area contributed by atoms with E-state index in [1.54, 1.807) is 12.1 Å². The van der Waals surface area contributed by atoms with E-state index in [9.17, 15) is 4.79 Å². The van der Waals surface area contributed by atoms with Gasteiger partial charge in [0.2, 0.25) is 0 Å². The number of carbonyl (C=O) groups is 1. The first-order valence-electron chi connectivity index (χ1n) is 5.74. The zero-order valence-corrected chi connectivity index (χ0v) is 10.5. The monoisotopic (exact) mass is 253 g/mol. The second kappa shape index (κ2) is 4.67. The summed E-state index contributed by atoms with van der Waals surface area (Å²) >= 11 is 5.80. The number of halogens is 1.